The summed E-state index contributed by atoms with van der Waals surface area (Å²) in [7, 11) is 0. The summed E-state index contributed by atoms with van der Waals surface area (Å²) >= 11 is 0. The van der Waals surface area contributed by atoms with E-state index in [0.29, 0.717) is 0 Å². The fourth-order valence-electron chi connectivity index (χ4n) is 6.56. The zero-order valence-corrected chi connectivity index (χ0v) is 16.5. The van der Waals surface area contributed by atoms with Gasteiger partial charge in [0.2, 0.25) is 0 Å². The number of hydrogen-bond donors (Lipinski definition) is 1. The number of nitrogens with one attached hydrogen (secondary N) is 1. The molecule has 0 aromatic carbocycles. The summed E-state index contributed by atoms with van der Waals surface area (Å²) in [5, 5.41) is 4.09. The van der Waals surface area contributed by atoms with E-state index in [1.807, 2.05) is 5.57 Å². The maximum absolute atomic E-state index is 4.09. The van der Waals surface area contributed by atoms with E-state index in [9.17, 15) is 0 Å². The Morgan fingerprint density at radius 2 is 1.24 bits per heavy atom. The second-order valence-electron chi connectivity index (χ2n) is 9.75. The van der Waals surface area contributed by atoms with E-state index < -0.39 is 0 Å². The van der Waals surface area contributed by atoms with E-state index >= 15 is 0 Å². The SMILES string of the molecule is C1=C(C2CCC(NC3CCC(C4CCCCC4)CC3)CC2)CCCC1. The highest BCUT2D eigenvalue weighted by molar-refractivity contribution is 5.10. The average Bonchev–Trinajstić information content (AvgIpc) is 2.71. The molecule has 0 aromatic rings. The van der Waals surface area contributed by atoms with Crippen LogP contribution in [-0.2, 0) is 0 Å². The van der Waals surface area contributed by atoms with Crippen molar-refractivity contribution >= 4 is 0 Å². The molecule has 0 radical (unpaired) electrons. The van der Waals surface area contributed by atoms with Crippen molar-refractivity contribution in [2.24, 2.45) is 17.8 Å². The molecule has 0 heterocycles. The lowest BCUT2D eigenvalue weighted by atomic mass is 9.72. The normalized spacial score (nSPS) is 38.3. The molecule has 3 saturated carbocycles. The molecular formula is C24H41N. The maximum Gasteiger partial charge on any atom is 0.00700 e. The minimum atomic E-state index is 0.830. The van der Waals surface area contributed by atoms with Crippen LogP contribution in [0.3, 0.4) is 0 Å². The van der Waals surface area contributed by atoms with Gasteiger partial charge >= 0.3 is 0 Å². The predicted molar refractivity (Wildman–Crippen MR) is 108 cm³/mol. The third kappa shape index (κ3) is 4.90. The Morgan fingerprint density at radius 1 is 0.600 bits per heavy atom. The van der Waals surface area contributed by atoms with Gasteiger partial charge in [-0.15, -0.1) is 0 Å². The van der Waals surface area contributed by atoms with Gasteiger partial charge in [0.25, 0.3) is 0 Å². The molecule has 1 heteroatoms. The van der Waals surface area contributed by atoms with Gasteiger partial charge < -0.3 is 5.32 Å². The summed E-state index contributed by atoms with van der Waals surface area (Å²) in [5.74, 6) is 3.11. The van der Waals surface area contributed by atoms with Gasteiger partial charge in [-0.3, -0.25) is 0 Å². The third-order valence-electron chi connectivity index (χ3n) is 8.14. The van der Waals surface area contributed by atoms with Gasteiger partial charge in [-0.2, -0.15) is 0 Å². The lowest BCUT2D eigenvalue weighted by Gasteiger charge is -2.39. The highest BCUT2D eigenvalue weighted by Crippen LogP contribution is 2.39. The predicted octanol–water partition coefficient (Wildman–Crippen LogP) is 6.77. The van der Waals surface area contributed by atoms with Crippen molar-refractivity contribution < 1.29 is 0 Å². The first-order chi connectivity index (χ1) is 12.4. The molecule has 0 bridgehead atoms. The van der Waals surface area contributed by atoms with E-state index in [-0.39, 0.29) is 0 Å². The number of rotatable bonds is 4. The van der Waals surface area contributed by atoms with Crippen molar-refractivity contribution in [3.8, 4) is 0 Å². The van der Waals surface area contributed by atoms with Crippen LogP contribution in [0.2, 0.25) is 0 Å². The molecule has 3 fully saturated rings. The highest BCUT2D eigenvalue weighted by atomic mass is 15.0. The monoisotopic (exact) mass is 343 g/mol. The molecule has 4 aliphatic carbocycles. The Balaban J connectivity index is 1.16. The minimum absolute atomic E-state index is 0.830. The smallest absolute Gasteiger partial charge is 0.00700 e. The van der Waals surface area contributed by atoms with Crippen LogP contribution in [0.25, 0.3) is 0 Å². The molecule has 0 aliphatic heterocycles. The van der Waals surface area contributed by atoms with Gasteiger partial charge in [-0.05, 0) is 94.8 Å². The van der Waals surface area contributed by atoms with Crippen molar-refractivity contribution in [3.63, 3.8) is 0 Å². The van der Waals surface area contributed by atoms with Crippen LogP contribution in [0.4, 0.5) is 0 Å². The summed E-state index contributed by atoms with van der Waals surface area (Å²) in [6, 6.07) is 1.67. The quantitative estimate of drug-likeness (QED) is 0.555. The van der Waals surface area contributed by atoms with E-state index in [1.54, 1.807) is 12.8 Å². The van der Waals surface area contributed by atoms with Crippen LogP contribution < -0.4 is 5.32 Å². The van der Waals surface area contributed by atoms with Crippen LogP contribution in [0.15, 0.2) is 11.6 Å². The summed E-state index contributed by atoms with van der Waals surface area (Å²) in [5.41, 5.74) is 1.83. The van der Waals surface area contributed by atoms with Gasteiger partial charge in [0, 0.05) is 12.1 Å². The van der Waals surface area contributed by atoms with Crippen LogP contribution in [0, 0.1) is 17.8 Å². The molecule has 4 aliphatic rings. The standard InChI is InChI=1S/C24H41N/c1-3-7-19(8-4-1)21-11-15-23(16-12-21)25-24-17-13-22(14-18-24)20-9-5-2-6-10-20/h7,20-25H,1-6,8-18H2. The van der Waals surface area contributed by atoms with Crippen molar-refractivity contribution in [1.29, 1.82) is 0 Å². The van der Waals surface area contributed by atoms with Gasteiger partial charge in [0.05, 0.1) is 0 Å². The Bertz CT molecular complexity index is 417. The van der Waals surface area contributed by atoms with Gasteiger partial charge in [0.15, 0.2) is 0 Å². The van der Waals surface area contributed by atoms with E-state index in [1.165, 1.54) is 96.3 Å². The summed E-state index contributed by atoms with van der Waals surface area (Å²) in [4.78, 5) is 0. The Morgan fingerprint density at radius 3 is 1.88 bits per heavy atom. The van der Waals surface area contributed by atoms with Crippen molar-refractivity contribution in [3.05, 3.63) is 11.6 Å². The third-order valence-corrected chi connectivity index (χ3v) is 8.14. The molecule has 1 N–H and O–H groups in total. The summed E-state index contributed by atoms with van der Waals surface area (Å²) in [6.45, 7) is 0. The van der Waals surface area contributed by atoms with Gasteiger partial charge in [-0.25, -0.2) is 0 Å². The van der Waals surface area contributed by atoms with E-state index in [2.05, 4.69) is 11.4 Å². The lowest BCUT2D eigenvalue weighted by Crippen LogP contribution is -2.43. The molecule has 0 atom stereocenters. The zero-order valence-electron chi connectivity index (χ0n) is 16.5. The molecule has 0 aromatic heterocycles. The number of allylic oxidation sites excluding steroid dienone is 2. The van der Waals surface area contributed by atoms with Crippen molar-refractivity contribution in [2.45, 2.75) is 121 Å². The molecule has 1 nitrogen and oxygen atoms in total. The van der Waals surface area contributed by atoms with Gasteiger partial charge in [-0.1, -0.05) is 43.8 Å². The minimum Gasteiger partial charge on any atom is -0.311 e. The molecule has 0 saturated heterocycles. The maximum atomic E-state index is 4.09. The summed E-state index contributed by atoms with van der Waals surface area (Å²) < 4.78 is 0. The van der Waals surface area contributed by atoms with E-state index in [4.69, 9.17) is 0 Å². The zero-order chi connectivity index (χ0) is 16.9. The van der Waals surface area contributed by atoms with Crippen LogP contribution in [0.1, 0.15) is 109 Å². The Labute approximate surface area is 156 Å². The average molecular weight is 344 g/mol. The molecule has 4 rings (SSSR count). The molecule has 25 heavy (non-hydrogen) atoms. The highest BCUT2D eigenvalue weighted by Gasteiger charge is 2.30. The van der Waals surface area contributed by atoms with Crippen molar-refractivity contribution in [2.75, 3.05) is 0 Å². The van der Waals surface area contributed by atoms with E-state index in [0.717, 1.165) is 29.8 Å². The first-order valence-electron chi connectivity index (χ1n) is 11.8. The van der Waals surface area contributed by atoms with Gasteiger partial charge in [0.1, 0.15) is 0 Å². The largest absolute Gasteiger partial charge is 0.311 e. The molecule has 0 amide bonds. The summed E-state index contributed by atoms with van der Waals surface area (Å²) in [6.07, 6.45) is 27.6. The van der Waals surface area contributed by atoms with Crippen LogP contribution in [0.5, 0.6) is 0 Å². The van der Waals surface area contributed by atoms with Crippen LogP contribution in [-0.4, -0.2) is 12.1 Å². The van der Waals surface area contributed by atoms with Crippen molar-refractivity contribution in [1.82, 2.24) is 5.32 Å². The molecular weight excluding hydrogens is 302 g/mol. The first kappa shape index (κ1) is 18.1. The molecule has 142 valence electrons. The van der Waals surface area contributed by atoms with Crippen LogP contribution >= 0.6 is 0 Å². The topological polar surface area (TPSA) is 12.0 Å². The lowest BCUT2D eigenvalue weighted by molar-refractivity contribution is 0.166. The second-order valence-corrected chi connectivity index (χ2v) is 9.75. The second kappa shape index (κ2) is 9.07. The Kier molecular flexibility index (Phi) is 6.56. The molecule has 0 unspecified atom stereocenters. The number of hydrogen-bond acceptors (Lipinski definition) is 1. The fourth-order valence-corrected chi connectivity index (χ4v) is 6.56. The molecule has 0 spiro atoms. The Hall–Kier alpha value is -0.300. The first-order valence-corrected chi connectivity index (χ1v) is 11.8. The fraction of sp³-hybridized carbons (Fsp3) is 0.917.